The molecular formula is C16H15N3O3S. The van der Waals surface area contributed by atoms with Gasteiger partial charge in [-0.15, -0.1) is 11.3 Å². The number of nitro benzene ring substituents is 1. The number of rotatable bonds is 4. The largest absolute Gasteiger partial charge is 0.273 e. The second-order valence-corrected chi connectivity index (χ2v) is 6.13. The normalized spacial score (nSPS) is 17.2. The van der Waals surface area contributed by atoms with Gasteiger partial charge in [0.1, 0.15) is 0 Å². The first-order valence-corrected chi connectivity index (χ1v) is 8.16. The molecule has 118 valence electrons. The fourth-order valence-electron chi connectivity index (χ4n) is 2.57. The topological polar surface area (TPSA) is 75.8 Å². The van der Waals surface area contributed by atoms with Gasteiger partial charge in [0, 0.05) is 25.0 Å². The van der Waals surface area contributed by atoms with E-state index in [4.69, 9.17) is 0 Å². The lowest BCUT2D eigenvalue weighted by molar-refractivity contribution is -0.384. The Morgan fingerprint density at radius 3 is 2.70 bits per heavy atom. The highest BCUT2D eigenvalue weighted by Gasteiger charge is 2.32. The first-order valence-electron chi connectivity index (χ1n) is 7.28. The molecule has 0 fully saturated rings. The van der Waals surface area contributed by atoms with Crippen LogP contribution >= 0.6 is 11.3 Å². The van der Waals surface area contributed by atoms with Gasteiger partial charge in [0.2, 0.25) is 5.91 Å². The molecule has 0 radical (unpaired) electrons. The van der Waals surface area contributed by atoms with E-state index >= 15 is 0 Å². The third-order valence-electron chi connectivity index (χ3n) is 3.76. The zero-order valence-electron chi connectivity index (χ0n) is 12.5. The van der Waals surface area contributed by atoms with E-state index in [-0.39, 0.29) is 17.6 Å². The van der Waals surface area contributed by atoms with Crippen LogP contribution in [-0.4, -0.2) is 21.6 Å². The lowest BCUT2D eigenvalue weighted by Crippen LogP contribution is -2.26. The van der Waals surface area contributed by atoms with Crippen LogP contribution < -0.4 is 0 Å². The summed E-state index contributed by atoms with van der Waals surface area (Å²) in [7, 11) is 0. The number of non-ortho nitro benzene ring substituents is 1. The van der Waals surface area contributed by atoms with Crippen molar-refractivity contribution in [1.29, 1.82) is 0 Å². The maximum Gasteiger partial charge on any atom is 0.269 e. The molecule has 0 saturated carbocycles. The van der Waals surface area contributed by atoms with E-state index in [0.29, 0.717) is 12.8 Å². The van der Waals surface area contributed by atoms with Gasteiger partial charge in [0.15, 0.2) is 0 Å². The van der Waals surface area contributed by atoms with Gasteiger partial charge in [-0.05, 0) is 17.0 Å². The minimum Gasteiger partial charge on any atom is -0.273 e. The zero-order chi connectivity index (χ0) is 16.4. The molecule has 0 bridgehead atoms. The number of hydrogen-bond acceptors (Lipinski definition) is 5. The van der Waals surface area contributed by atoms with Crippen LogP contribution in [0.5, 0.6) is 0 Å². The van der Waals surface area contributed by atoms with Crippen molar-refractivity contribution in [2.24, 2.45) is 5.10 Å². The van der Waals surface area contributed by atoms with Gasteiger partial charge in [-0.3, -0.25) is 14.9 Å². The Bertz CT molecular complexity index is 753. The van der Waals surface area contributed by atoms with Crippen molar-refractivity contribution in [3.8, 4) is 0 Å². The van der Waals surface area contributed by atoms with Gasteiger partial charge in [-0.2, -0.15) is 5.10 Å². The minimum absolute atomic E-state index is 0.0412. The molecule has 6 nitrogen and oxygen atoms in total. The Hall–Kier alpha value is -2.54. The fourth-order valence-corrected chi connectivity index (χ4v) is 3.29. The highest BCUT2D eigenvalue weighted by atomic mass is 32.1. The highest BCUT2D eigenvalue weighted by Crippen LogP contribution is 2.34. The maximum atomic E-state index is 12.2. The van der Waals surface area contributed by atoms with E-state index in [9.17, 15) is 14.9 Å². The minimum atomic E-state index is -0.430. The number of hydrazone groups is 1. The second kappa shape index (κ2) is 6.29. The van der Waals surface area contributed by atoms with Crippen molar-refractivity contribution in [1.82, 2.24) is 5.01 Å². The number of nitro groups is 1. The molecule has 3 rings (SSSR count). The van der Waals surface area contributed by atoms with Gasteiger partial charge in [-0.1, -0.05) is 25.1 Å². The van der Waals surface area contributed by atoms with Crippen LogP contribution in [0.15, 0.2) is 46.9 Å². The highest BCUT2D eigenvalue weighted by molar-refractivity contribution is 7.12. The third-order valence-corrected chi connectivity index (χ3v) is 4.68. The molecule has 0 N–H and O–H groups in total. The Morgan fingerprint density at radius 2 is 2.13 bits per heavy atom. The Kier molecular flexibility index (Phi) is 4.20. The Labute approximate surface area is 137 Å². The summed E-state index contributed by atoms with van der Waals surface area (Å²) < 4.78 is 0. The smallest absolute Gasteiger partial charge is 0.269 e. The van der Waals surface area contributed by atoms with Crippen LogP contribution in [0.4, 0.5) is 5.69 Å². The number of carbonyl (C=O) groups is 1. The van der Waals surface area contributed by atoms with Crippen LogP contribution in [0.25, 0.3) is 0 Å². The van der Waals surface area contributed by atoms with Crippen LogP contribution in [0.1, 0.15) is 36.2 Å². The summed E-state index contributed by atoms with van der Waals surface area (Å²) in [5.41, 5.74) is 1.78. The molecule has 0 saturated heterocycles. The average Bonchev–Trinajstić information content (AvgIpc) is 3.23. The van der Waals surface area contributed by atoms with Gasteiger partial charge in [0.05, 0.1) is 21.6 Å². The second-order valence-electron chi connectivity index (χ2n) is 5.18. The number of nitrogens with zero attached hydrogens (tertiary/aromatic N) is 3. The third kappa shape index (κ3) is 3.00. The van der Waals surface area contributed by atoms with E-state index in [0.717, 1.165) is 16.2 Å². The van der Waals surface area contributed by atoms with E-state index in [1.807, 2.05) is 17.5 Å². The van der Waals surface area contributed by atoms with Gasteiger partial charge >= 0.3 is 0 Å². The van der Waals surface area contributed by atoms with Crippen molar-refractivity contribution in [2.75, 3.05) is 0 Å². The van der Waals surface area contributed by atoms with Crippen LogP contribution in [0.2, 0.25) is 0 Å². The summed E-state index contributed by atoms with van der Waals surface area (Å²) in [6.45, 7) is 1.80. The number of hydrogen-bond donors (Lipinski definition) is 0. The molecule has 0 aliphatic carbocycles. The van der Waals surface area contributed by atoms with Crippen LogP contribution in [-0.2, 0) is 4.79 Å². The molecule has 0 unspecified atom stereocenters. The predicted molar refractivity (Wildman–Crippen MR) is 88.4 cm³/mol. The summed E-state index contributed by atoms with van der Waals surface area (Å²) in [5, 5.41) is 18.8. The molecule has 1 aromatic heterocycles. The lowest BCUT2D eigenvalue weighted by atomic mass is 10.0. The summed E-state index contributed by atoms with van der Waals surface area (Å²) in [5.74, 6) is -0.0556. The van der Waals surface area contributed by atoms with Crippen LogP contribution in [0.3, 0.4) is 0 Å². The van der Waals surface area contributed by atoms with E-state index in [1.54, 1.807) is 30.4 Å². The molecule has 2 heterocycles. The molecule has 2 aromatic rings. The van der Waals surface area contributed by atoms with Crippen molar-refractivity contribution < 1.29 is 9.72 Å². The molecule has 0 spiro atoms. The molecular weight excluding hydrogens is 314 g/mol. The van der Waals surface area contributed by atoms with Gasteiger partial charge < -0.3 is 0 Å². The lowest BCUT2D eigenvalue weighted by Gasteiger charge is -2.21. The zero-order valence-corrected chi connectivity index (χ0v) is 13.3. The first-order chi connectivity index (χ1) is 11.1. The van der Waals surface area contributed by atoms with Crippen molar-refractivity contribution in [3.63, 3.8) is 0 Å². The molecule has 1 amide bonds. The molecule has 1 aromatic carbocycles. The Morgan fingerprint density at radius 1 is 1.39 bits per heavy atom. The molecule has 7 heteroatoms. The first kappa shape index (κ1) is 15.4. The summed E-state index contributed by atoms with van der Waals surface area (Å²) in [6, 6.07) is 10.1. The summed E-state index contributed by atoms with van der Waals surface area (Å²) >= 11 is 1.59. The molecule has 23 heavy (non-hydrogen) atoms. The van der Waals surface area contributed by atoms with Gasteiger partial charge in [-0.25, -0.2) is 5.01 Å². The number of carbonyl (C=O) groups excluding carboxylic acids is 1. The molecule has 1 atom stereocenters. The van der Waals surface area contributed by atoms with Crippen molar-refractivity contribution >= 4 is 28.6 Å². The SMILES string of the molecule is CCC(=O)N1N=C(c2cccs2)C[C@H]1c1ccc([N+](=O)[O-])cc1. The summed E-state index contributed by atoms with van der Waals surface area (Å²) in [4.78, 5) is 23.6. The van der Waals surface area contributed by atoms with E-state index in [1.165, 1.54) is 17.1 Å². The van der Waals surface area contributed by atoms with Crippen molar-refractivity contribution in [3.05, 3.63) is 62.3 Å². The maximum absolute atomic E-state index is 12.2. The fraction of sp³-hybridized carbons (Fsp3) is 0.250. The number of amides is 1. The number of thiophene rings is 1. The molecule has 1 aliphatic rings. The average molecular weight is 329 g/mol. The van der Waals surface area contributed by atoms with Crippen LogP contribution in [0, 0.1) is 10.1 Å². The van der Waals surface area contributed by atoms with Gasteiger partial charge in [0.25, 0.3) is 5.69 Å². The van der Waals surface area contributed by atoms with Crippen molar-refractivity contribution in [2.45, 2.75) is 25.8 Å². The number of benzene rings is 1. The summed E-state index contributed by atoms with van der Waals surface area (Å²) in [6.07, 6.45) is 0.981. The van der Waals surface area contributed by atoms with E-state index < -0.39 is 4.92 Å². The molecule has 1 aliphatic heterocycles. The monoisotopic (exact) mass is 329 g/mol. The Balaban J connectivity index is 1.91. The van der Waals surface area contributed by atoms with E-state index in [2.05, 4.69) is 5.10 Å². The predicted octanol–water partition coefficient (Wildman–Crippen LogP) is 3.74. The standard InChI is InChI=1S/C16H15N3O3S/c1-2-16(20)18-14(10-13(17-18)15-4-3-9-23-15)11-5-7-12(8-6-11)19(21)22/h3-9,14H,2,10H2,1H3/t14-/m0/s1. The quantitative estimate of drug-likeness (QED) is 0.633.